The molecule has 2 aromatic rings. The van der Waals surface area contributed by atoms with Gasteiger partial charge >= 0.3 is 0 Å². The zero-order valence-electron chi connectivity index (χ0n) is 16.9. The summed E-state index contributed by atoms with van der Waals surface area (Å²) in [6.45, 7) is 5.65. The van der Waals surface area contributed by atoms with Crippen LogP contribution in [0.25, 0.3) is 0 Å². The number of ether oxygens (including phenoxy) is 2. The molecule has 1 heterocycles. The summed E-state index contributed by atoms with van der Waals surface area (Å²) < 4.78 is 39.6. The maximum Gasteiger partial charge on any atom is 0.262 e. The van der Waals surface area contributed by atoms with E-state index in [-0.39, 0.29) is 11.0 Å². The van der Waals surface area contributed by atoms with Gasteiger partial charge in [-0.3, -0.25) is 4.72 Å². The molecule has 0 saturated carbocycles. The molecule has 1 aliphatic heterocycles. The van der Waals surface area contributed by atoms with Crippen LogP contribution in [0, 0.1) is 13.8 Å². The van der Waals surface area contributed by atoms with Gasteiger partial charge in [0.25, 0.3) is 10.0 Å². The van der Waals surface area contributed by atoms with Gasteiger partial charge in [-0.25, -0.2) is 8.42 Å². The van der Waals surface area contributed by atoms with Crippen LogP contribution in [0.5, 0.6) is 11.5 Å². The first-order valence-electron chi connectivity index (χ1n) is 9.42. The van der Waals surface area contributed by atoms with Gasteiger partial charge in [-0.2, -0.15) is 0 Å². The van der Waals surface area contributed by atoms with Crippen molar-refractivity contribution in [2.75, 3.05) is 32.0 Å². The van der Waals surface area contributed by atoms with Gasteiger partial charge in [-0.15, -0.1) is 0 Å². The lowest BCUT2D eigenvalue weighted by Gasteiger charge is -2.29. The molecule has 2 aromatic carbocycles. The summed E-state index contributed by atoms with van der Waals surface area (Å²) >= 11 is 0. The minimum Gasteiger partial charge on any atom is -0.496 e. The van der Waals surface area contributed by atoms with Gasteiger partial charge in [0.05, 0.1) is 12.0 Å². The van der Waals surface area contributed by atoms with Crippen molar-refractivity contribution in [2.45, 2.75) is 37.7 Å². The van der Waals surface area contributed by atoms with E-state index < -0.39 is 10.0 Å². The third kappa shape index (κ3) is 4.77. The predicted octanol–water partition coefficient (Wildman–Crippen LogP) is 3.59. The van der Waals surface area contributed by atoms with Crippen LogP contribution in [0.3, 0.4) is 0 Å². The van der Waals surface area contributed by atoms with Crippen LogP contribution in [0.15, 0.2) is 41.3 Å². The summed E-state index contributed by atoms with van der Waals surface area (Å²) in [4.78, 5) is 2.54. The number of sulfonamides is 1. The average Bonchev–Trinajstić information content (AvgIpc) is 2.66. The molecule has 7 heteroatoms. The van der Waals surface area contributed by atoms with E-state index in [0.717, 1.165) is 37.2 Å². The quantitative estimate of drug-likeness (QED) is 0.797. The zero-order chi connectivity index (χ0) is 20.3. The molecule has 0 unspecified atom stereocenters. The molecule has 1 fully saturated rings. The van der Waals surface area contributed by atoms with E-state index in [4.69, 9.17) is 9.47 Å². The van der Waals surface area contributed by atoms with Crippen LogP contribution >= 0.6 is 0 Å². The number of piperidine rings is 1. The third-order valence-corrected chi connectivity index (χ3v) is 6.58. The predicted molar refractivity (Wildman–Crippen MR) is 111 cm³/mol. The Labute approximate surface area is 167 Å². The molecule has 28 heavy (non-hydrogen) atoms. The molecule has 0 radical (unpaired) electrons. The number of hydrogen-bond donors (Lipinski definition) is 1. The van der Waals surface area contributed by atoms with Crippen LogP contribution in [-0.4, -0.2) is 46.7 Å². The van der Waals surface area contributed by atoms with Crippen LogP contribution < -0.4 is 14.2 Å². The van der Waals surface area contributed by atoms with E-state index >= 15 is 0 Å². The smallest absolute Gasteiger partial charge is 0.262 e. The molecule has 0 atom stereocenters. The summed E-state index contributed by atoms with van der Waals surface area (Å²) in [5, 5.41) is 0. The van der Waals surface area contributed by atoms with E-state index in [1.807, 2.05) is 19.1 Å². The first kappa shape index (κ1) is 20.5. The second-order valence-electron chi connectivity index (χ2n) is 7.34. The Hall–Kier alpha value is -2.25. The van der Waals surface area contributed by atoms with E-state index in [9.17, 15) is 8.42 Å². The van der Waals surface area contributed by atoms with Crippen molar-refractivity contribution in [3.05, 3.63) is 47.5 Å². The van der Waals surface area contributed by atoms with E-state index in [1.54, 1.807) is 38.3 Å². The Morgan fingerprint density at radius 2 is 1.68 bits per heavy atom. The third-order valence-electron chi connectivity index (χ3n) is 5.06. The van der Waals surface area contributed by atoms with E-state index in [0.29, 0.717) is 17.0 Å². The lowest BCUT2D eigenvalue weighted by atomic mass is 10.1. The number of benzene rings is 2. The lowest BCUT2D eigenvalue weighted by Crippen LogP contribution is -2.35. The van der Waals surface area contributed by atoms with Crippen molar-refractivity contribution in [3.8, 4) is 11.5 Å². The molecule has 0 spiro atoms. The standard InChI is InChI=1S/C21H28N2O4S/c1-15-14-21(16(2)13-20(15)26-4)28(24,25)22-17-5-7-18(8-6-17)27-19-9-11-23(3)12-10-19/h5-8,13-14,19,22H,9-12H2,1-4H3. The first-order valence-corrected chi connectivity index (χ1v) is 10.9. The van der Waals surface area contributed by atoms with Gasteiger partial charge in [0, 0.05) is 18.8 Å². The number of likely N-dealkylation sites (tertiary alicyclic amines) is 1. The van der Waals surface area contributed by atoms with Gasteiger partial charge in [0.15, 0.2) is 0 Å². The number of rotatable bonds is 6. The molecule has 0 bridgehead atoms. The molecule has 6 nitrogen and oxygen atoms in total. The van der Waals surface area contributed by atoms with Crippen molar-refractivity contribution in [3.63, 3.8) is 0 Å². The maximum absolute atomic E-state index is 12.8. The van der Waals surface area contributed by atoms with Crippen LogP contribution in [0.2, 0.25) is 0 Å². The highest BCUT2D eigenvalue weighted by Gasteiger charge is 2.20. The molecular weight excluding hydrogens is 376 g/mol. The number of aryl methyl sites for hydroxylation is 2. The second kappa shape index (κ2) is 8.41. The highest BCUT2D eigenvalue weighted by atomic mass is 32.2. The molecule has 0 aromatic heterocycles. The number of anilines is 1. The Kier molecular flexibility index (Phi) is 6.15. The fourth-order valence-corrected chi connectivity index (χ4v) is 4.75. The van der Waals surface area contributed by atoms with Gasteiger partial charge < -0.3 is 14.4 Å². The molecule has 152 valence electrons. The fraction of sp³-hybridized carbons (Fsp3) is 0.429. The van der Waals surface area contributed by atoms with Gasteiger partial charge in [0.2, 0.25) is 0 Å². The molecule has 1 N–H and O–H groups in total. The Morgan fingerprint density at radius 3 is 2.29 bits per heavy atom. The molecule has 1 aliphatic rings. The van der Waals surface area contributed by atoms with Crippen LogP contribution in [-0.2, 0) is 10.0 Å². The minimum absolute atomic E-state index is 0.212. The fourth-order valence-electron chi connectivity index (χ4n) is 3.38. The van der Waals surface area contributed by atoms with Crippen molar-refractivity contribution < 1.29 is 17.9 Å². The van der Waals surface area contributed by atoms with Crippen molar-refractivity contribution >= 4 is 15.7 Å². The van der Waals surface area contributed by atoms with Crippen molar-refractivity contribution in [2.24, 2.45) is 0 Å². The van der Waals surface area contributed by atoms with E-state index in [2.05, 4.69) is 16.7 Å². The minimum atomic E-state index is -3.69. The number of hydrogen-bond acceptors (Lipinski definition) is 5. The topological polar surface area (TPSA) is 67.9 Å². The van der Waals surface area contributed by atoms with Crippen LogP contribution in [0.1, 0.15) is 24.0 Å². The summed E-state index contributed by atoms with van der Waals surface area (Å²) in [5.41, 5.74) is 1.91. The maximum atomic E-state index is 12.8. The van der Waals surface area contributed by atoms with Crippen molar-refractivity contribution in [1.82, 2.24) is 4.90 Å². The molecule has 0 aliphatic carbocycles. The van der Waals surface area contributed by atoms with Gasteiger partial charge in [0.1, 0.15) is 17.6 Å². The molecule has 0 amide bonds. The summed E-state index contributed by atoms with van der Waals surface area (Å²) in [6.07, 6.45) is 2.21. The highest BCUT2D eigenvalue weighted by Crippen LogP contribution is 2.28. The summed E-state index contributed by atoms with van der Waals surface area (Å²) in [6, 6.07) is 10.4. The average molecular weight is 405 g/mol. The van der Waals surface area contributed by atoms with Gasteiger partial charge in [-0.1, -0.05) is 0 Å². The zero-order valence-corrected chi connectivity index (χ0v) is 17.7. The Morgan fingerprint density at radius 1 is 1.04 bits per heavy atom. The number of nitrogens with zero attached hydrogens (tertiary/aromatic N) is 1. The second-order valence-corrected chi connectivity index (χ2v) is 8.99. The molecule has 3 rings (SSSR count). The van der Waals surface area contributed by atoms with Gasteiger partial charge in [-0.05, 0) is 81.3 Å². The summed E-state index contributed by atoms with van der Waals surface area (Å²) in [7, 11) is -0.00251. The van der Waals surface area contributed by atoms with E-state index in [1.165, 1.54) is 0 Å². The summed E-state index contributed by atoms with van der Waals surface area (Å²) in [5.74, 6) is 1.43. The Bertz CT molecular complexity index is 918. The normalized spacial score (nSPS) is 16.0. The number of methoxy groups -OCH3 is 1. The monoisotopic (exact) mass is 404 g/mol. The Balaban J connectivity index is 1.70. The number of nitrogens with one attached hydrogen (secondary N) is 1. The lowest BCUT2D eigenvalue weighted by molar-refractivity contribution is 0.114. The largest absolute Gasteiger partial charge is 0.496 e. The van der Waals surface area contributed by atoms with Crippen molar-refractivity contribution in [1.29, 1.82) is 0 Å². The highest BCUT2D eigenvalue weighted by molar-refractivity contribution is 7.92. The molecule has 1 saturated heterocycles. The first-order chi connectivity index (χ1) is 13.3. The SMILES string of the molecule is COc1cc(C)c(S(=O)(=O)Nc2ccc(OC3CCN(C)CC3)cc2)cc1C. The van der Waals surface area contributed by atoms with Crippen LogP contribution in [0.4, 0.5) is 5.69 Å². The molecular formula is C21H28N2O4S.